The SMILES string of the molecule is Cc1c(C)c(C)c(C(=O)OCc2nc3sc4c(c3c(=O)[nH]2)CCC4)c(C)c1C. The van der Waals surface area contributed by atoms with Gasteiger partial charge in [0.05, 0.1) is 10.9 Å². The van der Waals surface area contributed by atoms with Crippen LogP contribution in [0.25, 0.3) is 10.2 Å². The molecule has 0 saturated heterocycles. The molecule has 0 unspecified atom stereocenters. The van der Waals surface area contributed by atoms with Crippen molar-refractivity contribution in [1.29, 1.82) is 0 Å². The zero-order valence-corrected chi connectivity index (χ0v) is 17.7. The van der Waals surface area contributed by atoms with Crippen molar-refractivity contribution in [3.63, 3.8) is 0 Å². The summed E-state index contributed by atoms with van der Waals surface area (Å²) in [5, 5.41) is 0.712. The van der Waals surface area contributed by atoms with E-state index >= 15 is 0 Å². The monoisotopic (exact) mass is 396 g/mol. The number of fused-ring (bicyclic) bond motifs is 3. The molecule has 2 aromatic heterocycles. The molecule has 0 fully saturated rings. The van der Waals surface area contributed by atoms with Gasteiger partial charge < -0.3 is 9.72 Å². The molecule has 4 rings (SSSR count). The maximum absolute atomic E-state index is 12.8. The van der Waals surface area contributed by atoms with Gasteiger partial charge in [0.1, 0.15) is 17.3 Å². The molecule has 0 aliphatic heterocycles. The third-order valence-electron chi connectivity index (χ3n) is 6.17. The van der Waals surface area contributed by atoms with E-state index in [1.54, 1.807) is 11.3 Å². The summed E-state index contributed by atoms with van der Waals surface area (Å²) in [6.45, 7) is 9.97. The zero-order chi connectivity index (χ0) is 20.2. The largest absolute Gasteiger partial charge is 0.454 e. The van der Waals surface area contributed by atoms with Crippen LogP contribution in [-0.4, -0.2) is 15.9 Å². The Balaban J connectivity index is 1.62. The highest BCUT2D eigenvalue weighted by Gasteiger charge is 2.22. The van der Waals surface area contributed by atoms with Crippen molar-refractivity contribution in [1.82, 2.24) is 9.97 Å². The maximum Gasteiger partial charge on any atom is 0.339 e. The van der Waals surface area contributed by atoms with Crippen LogP contribution in [0.2, 0.25) is 0 Å². The third kappa shape index (κ3) is 2.87. The number of aryl methyl sites for hydroxylation is 2. The molecule has 5 nitrogen and oxygen atoms in total. The Morgan fingerprint density at radius 2 is 1.68 bits per heavy atom. The molecule has 0 amide bonds. The molecule has 0 radical (unpaired) electrons. The predicted molar refractivity (Wildman–Crippen MR) is 112 cm³/mol. The van der Waals surface area contributed by atoms with Crippen molar-refractivity contribution in [2.24, 2.45) is 0 Å². The van der Waals surface area contributed by atoms with Crippen LogP contribution in [0.15, 0.2) is 4.79 Å². The molecule has 1 aliphatic rings. The number of benzene rings is 1. The number of thiophene rings is 1. The van der Waals surface area contributed by atoms with Gasteiger partial charge in [-0.3, -0.25) is 4.79 Å². The average molecular weight is 397 g/mol. The van der Waals surface area contributed by atoms with Gasteiger partial charge in [0.15, 0.2) is 0 Å². The third-order valence-corrected chi connectivity index (χ3v) is 7.35. The Morgan fingerprint density at radius 1 is 1.04 bits per heavy atom. The van der Waals surface area contributed by atoms with Crippen LogP contribution in [0.4, 0.5) is 0 Å². The van der Waals surface area contributed by atoms with Gasteiger partial charge in [-0.15, -0.1) is 11.3 Å². The van der Waals surface area contributed by atoms with E-state index in [1.165, 1.54) is 10.4 Å². The number of esters is 1. The van der Waals surface area contributed by atoms with Crippen molar-refractivity contribution in [3.05, 3.63) is 60.0 Å². The summed E-state index contributed by atoms with van der Waals surface area (Å²) in [5.41, 5.74) is 6.92. The van der Waals surface area contributed by atoms with Crippen LogP contribution in [0.3, 0.4) is 0 Å². The summed E-state index contributed by atoms with van der Waals surface area (Å²) in [5.74, 6) is 0.0132. The lowest BCUT2D eigenvalue weighted by molar-refractivity contribution is 0.0460. The van der Waals surface area contributed by atoms with E-state index in [1.807, 2.05) is 27.7 Å². The number of carbonyl (C=O) groups is 1. The van der Waals surface area contributed by atoms with E-state index < -0.39 is 0 Å². The maximum atomic E-state index is 12.8. The molecule has 146 valence electrons. The molecule has 3 aromatic rings. The van der Waals surface area contributed by atoms with Gasteiger partial charge in [-0.25, -0.2) is 9.78 Å². The Morgan fingerprint density at radius 3 is 2.36 bits per heavy atom. The fourth-order valence-electron chi connectivity index (χ4n) is 4.13. The molecular formula is C22H24N2O3S. The number of rotatable bonds is 3. The summed E-state index contributed by atoms with van der Waals surface area (Å²) in [7, 11) is 0. The smallest absolute Gasteiger partial charge is 0.339 e. The molecule has 0 atom stereocenters. The van der Waals surface area contributed by atoms with Crippen molar-refractivity contribution in [2.45, 2.75) is 60.5 Å². The molecular weight excluding hydrogens is 372 g/mol. The fraction of sp³-hybridized carbons (Fsp3) is 0.409. The van der Waals surface area contributed by atoms with Crippen LogP contribution < -0.4 is 5.56 Å². The average Bonchev–Trinajstić information content (AvgIpc) is 3.24. The van der Waals surface area contributed by atoms with Crippen molar-refractivity contribution < 1.29 is 9.53 Å². The van der Waals surface area contributed by atoms with Gasteiger partial charge in [-0.2, -0.15) is 0 Å². The first-order valence-corrected chi connectivity index (χ1v) is 10.4. The van der Waals surface area contributed by atoms with Gasteiger partial charge in [-0.05, 0) is 87.3 Å². The predicted octanol–water partition coefficient (Wildman–Crippen LogP) is 4.37. The summed E-state index contributed by atoms with van der Waals surface area (Å²) in [4.78, 5) is 34.7. The number of aromatic amines is 1. The minimum atomic E-state index is -0.377. The van der Waals surface area contributed by atoms with Gasteiger partial charge in [0.25, 0.3) is 5.56 Å². The number of ether oxygens (including phenoxy) is 1. The second-order valence-electron chi connectivity index (χ2n) is 7.63. The van der Waals surface area contributed by atoms with Gasteiger partial charge >= 0.3 is 5.97 Å². The quantitative estimate of drug-likeness (QED) is 0.667. The molecule has 0 saturated carbocycles. The first kappa shape index (κ1) is 18.9. The van der Waals surface area contributed by atoms with E-state index in [-0.39, 0.29) is 18.1 Å². The zero-order valence-electron chi connectivity index (χ0n) is 16.9. The number of carbonyl (C=O) groups excluding carboxylic acids is 1. The number of nitrogens with one attached hydrogen (secondary N) is 1. The summed E-state index contributed by atoms with van der Waals surface area (Å²) >= 11 is 1.58. The number of H-pyrrole nitrogens is 1. The second kappa shape index (κ2) is 6.85. The van der Waals surface area contributed by atoms with Crippen molar-refractivity contribution >= 4 is 27.5 Å². The highest BCUT2D eigenvalue weighted by atomic mass is 32.1. The van der Waals surface area contributed by atoms with Crippen molar-refractivity contribution in [3.8, 4) is 0 Å². The van der Waals surface area contributed by atoms with Gasteiger partial charge in [0, 0.05) is 4.88 Å². The highest BCUT2D eigenvalue weighted by molar-refractivity contribution is 7.18. The minimum absolute atomic E-state index is 0.0442. The summed E-state index contributed by atoms with van der Waals surface area (Å²) < 4.78 is 5.54. The van der Waals surface area contributed by atoms with E-state index in [4.69, 9.17) is 4.74 Å². The first-order valence-electron chi connectivity index (χ1n) is 9.57. The number of aromatic nitrogens is 2. The molecule has 1 aromatic carbocycles. The normalized spacial score (nSPS) is 13.2. The van der Waals surface area contributed by atoms with Gasteiger partial charge in [0.2, 0.25) is 0 Å². The van der Waals surface area contributed by atoms with Crippen LogP contribution in [0.1, 0.15) is 60.9 Å². The second-order valence-corrected chi connectivity index (χ2v) is 8.71. The number of hydrogen-bond acceptors (Lipinski definition) is 5. The van der Waals surface area contributed by atoms with E-state index in [0.717, 1.165) is 51.9 Å². The van der Waals surface area contributed by atoms with E-state index in [9.17, 15) is 9.59 Å². The van der Waals surface area contributed by atoms with Crippen LogP contribution in [-0.2, 0) is 24.2 Å². The van der Waals surface area contributed by atoms with Gasteiger partial charge in [-0.1, -0.05) is 0 Å². The molecule has 0 bridgehead atoms. The summed E-state index contributed by atoms with van der Waals surface area (Å²) in [6.07, 6.45) is 3.06. The lowest BCUT2D eigenvalue weighted by Gasteiger charge is -2.17. The van der Waals surface area contributed by atoms with Crippen LogP contribution >= 0.6 is 11.3 Å². The molecule has 1 N–H and O–H groups in total. The standard InChI is InChI=1S/C22H24N2O3S/c1-10-11(2)13(4)18(14(5)12(10)3)22(26)27-9-17-23-20(25)19-15-7-6-8-16(15)28-21(19)24-17/h6-9H2,1-5H3,(H,23,24,25). The lowest BCUT2D eigenvalue weighted by atomic mass is 9.90. The van der Waals surface area contributed by atoms with Crippen LogP contribution in [0.5, 0.6) is 0 Å². The topological polar surface area (TPSA) is 72.0 Å². The van der Waals surface area contributed by atoms with E-state index in [0.29, 0.717) is 16.8 Å². The Kier molecular flexibility index (Phi) is 4.62. The van der Waals surface area contributed by atoms with Crippen molar-refractivity contribution in [2.75, 3.05) is 0 Å². The number of nitrogens with zero attached hydrogens (tertiary/aromatic N) is 1. The minimum Gasteiger partial charge on any atom is -0.454 e. The molecule has 2 heterocycles. The first-order chi connectivity index (χ1) is 13.3. The summed E-state index contributed by atoms with van der Waals surface area (Å²) in [6, 6.07) is 0. The highest BCUT2D eigenvalue weighted by Crippen LogP contribution is 2.34. The molecule has 0 spiro atoms. The van der Waals surface area contributed by atoms with E-state index in [2.05, 4.69) is 16.9 Å². The molecule has 28 heavy (non-hydrogen) atoms. The molecule has 6 heteroatoms. The van der Waals surface area contributed by atoms with Crippen LogP contribution in [0, 0.1) is 34.6 Å². The number of hydrogen-bond donors (Lipinski definition) is 1. The molecule has 1 aliphatic carbocycles. The lowest BCUT2D eigenvalue weighted by Crippen LogP contribution is -2.16. The fourth-order valence-corrected chi connectivity index (χ4v) is 5.41. The Hall–Kier alpha value is -2.47. The Bertz CT molecular complexity index is 1160. The Labute approximate surface area is 167 Å².